The zero-order valence-corrected chi connectivity index (χ0v) is 23.6. The lowest BCUT2D eigenvalue weighted by Gasteiger charge is -2.16. The van der Waals surface area contributed by atoms with Crippen LogP contribution < -0.4 is 20.8 Å². The summed E-state index contributed by atoms with van der Waals surface area (Å²) in [5.41, 5.74) is 4.19. The average molecular weight is 525 g/mol. The Labute approximate surface area is 220 Å². The maximum absolute atomic E-state index is 12.2. The summed E-state index contributed by atoms with van der Waals surface area (Å²) in [5, 5.41) is 18.9. The number of Topliss-reactive ketones (excluding diaryl/α,β-unsaturated/α-hetero) is 1. The second-order valence-electron chi connectivity index (χ2n) is 8.51. The van der Waals surface area contributed by atoms with Gasteiger partial charge < -0.3 is 15.4 Å². The summed E-state index contributed by atoms with van der Waals surface area (Å²) >= 11 is 0. The quantitative estimate of drug-likeness (QED) is 0.272. The zero-order chi connectivity index (χ0) is 27.1. The summed E-state index contributed by atoms with van der Waals surface area (Å²) in [4.78, 5) is 24.4. The molecule has 0 bridgehead atoms. The molecule has 198 valence electrons. The van der Waals surface area contributed by atoms with E-state index in [4.69, 9.17) is 9.84 Å². The van der Waals surface area contributed by atoms with Crippen molar-refractivity contribution < 1.29 is 14.3 Å². The molecule has 10 heteroatoms. The number of rotatable bonds is 10. The summed E-state index contributed by atoms with van der Waals surface area (Å²) in [6.45, 7) is 9.85. The number of carbonyl (C=O) groups excluding carboxylic acids is 2. The van der Waals surface area contributed by atoms with Gasteiger partial charge in [-0.05, 0) is 43.4 Å². The molecule has 2 N–H and O–H groups in total. The third kappa shape index (κ3) is 6.52. The van der Waals surface area contributed by atoms with Gasteiger partial charge in [0.15, 0.2) is 23.0 Å². The number of hydrogen-bond acceptors (Lipinski definition) is 7. The summed E-state index contributed by atoms with van der Waals surface area (Å²) in [5.74, 6) is 0.612. The van der Waals surface area contributed by atoms with Gasteiger partial charge in [0.1, 0.15) is 0 Å². The van der Waals surface area contributed by atoms with Gasteiger partial charge in [0.2, 0.25) is 5.91 Å². The second-order valence-corrected chi connectivity index (χ2v) is 11.3. The number of amides is 1. The summed E-state index contributed by atoms with van der Waals surface area (Å²) in [6.07, 6.45) is 3.97. The van der Waals surface area contributed by atoms with E-state index in [1.807, 2.05) is 43.8 Å². The summed E-state index contributed by atoms with van der Waals surface area (Å²) in [7, 11) is 3.32. The van der Waals surface area contributed by atoms with E-state index in [2.05, 4.69) is 40.7 Å². The van der Waals surface area contributed by atoms with Gasteiger partial charge in [-0.3, -0.25) is 14.3 Å². The topological polar surface area (TPSA) is 111 Å². The maximum atomic E-state index is 12.2. The fourth-order valence-corrected chi connectivity index (χ4v) is 5.87. The van der Waals surface area contributed by atoms with Crippen molar-refractivity contribution in [3.05, 3.63) is 36.0 Å². The number of anilines is 3. The Kier molecular flexibility index (Phi) is 9.75. The van der Waals surface area contributed by atoms with Gasteiger partial charge in [0, 0.05) is 31.5 Å². The number of nitrogens with one attached hydrogen (secondary N) is 2. The molecule has 4 rings (SSSR count). The van der Waals surface area contributed by atoms with E-state index in [-0.39, 0.29) is 31.2 Å². The summed E-state index contributed by atoms with van der Waals surface area (Å²) < 4.78 is 7.76. The fraction of sp³-hybridized carbons (Fsp3) is 0.444. The van der Waals surface area contributed by atoms with Gasteiger partial charge in [-0.2, -0.15) is 5.10 Å². The van der Waals surface area contributed by atoms with Crippen molar-refractivity contribution in [1.82, 2.24) is 20.0 Å². The van der Waals surface area contributed by atoms with E-state index in [1.54, 1.807) is 13.2 Å². The van der Waals surface area contributed by atoms with Crippen LogP contribution in [0.2, 0.25) is 0 Å². The largest absolute Gasteiger partial charge is 0.494 e. The molecule has 37 heavy (non-hydrogen) atoms. The number of methoxy groups -OCH3 is 1. The number of nitrogens with zero attached hydrogens (tertiary/aromatic N) is 4. The molecule has 0 unspecified atom stereocenters. The number of aromatic nitrogens is 4. The minimum Gasteiger partial charge on any atom is -0.494 e. The first-order valence-corrected chi connectivity index (χ1v) is 14.5. The molecule has 0 spiro atoms. The van der Waals surface area contributed by atoms with Crippen molar-refractivity contribution in [2.45, 2.75) is 47.5 Å². The third-order valence-corrected chi connectivity index (χ3v) is 8.63. The molecule has 1 amide bonds. The Morgan fingerprint density at radius 2 is 1.81 bits per heavy atom. The Morgan fingerprint density at radius 3 is 2.41 bits per heavy atom. The lowest BCUT2D eigenvalue weighted by atomic mass is 10.1. The minimum absolute atomic E-state index is 0.0298. The number of aryl methyl sites for hydroxylation is 1. The van der Waals surface area contributed by atoms with E-state index in [0.717, 1.165) is 36.4 Å². The highest BCUT2D eigenvalue weighted by Crippen LogP contribution is 2.40. The number of para-hydroxylation sites is 1. The first-order chi connectivity index (χ1) is 17.9. The van der Waals surface area contributed by atoms with Gasteiger partial charge in [-0.15, -0.1) is 10.2 Å². The van der Waals surface area contributed by atoms with E-state index >= 15 is 0 Å². The Hall–Kier alpha value is -3.32. The van der Waals surface area contributed by atoms with Crippen LogP contribution in [0.1, 0.15) is 57.9 Å². The predicted octanol–water partition coefficient (Wildman–Crippen LogP) is 5.35. The number of carbonyl (C=O) groups is 2. The zero-order valence-electron chi connectivity index (χ0n) is 22.8. The van der Waals surface area contributed by atoms with Crippen molar-refractivity contribution >= 4 is 42.2 Å². The molecule has 3 aromatic rings. The molecule has 9 nitrogen and oxygen atoms in total. The Morgan fingerprint density at radius 1 is 1.11 bits per heavy atom. The Bertz CT molecular complexity index is 1250. The molecule has 1 aromatic carbocycles. The molecule has 2 heterocycles. The van der Waals surface area contributed by atoms with Gasteiger partial charge in [-0.25, -0.2) is 0 Å². The number of hydrogen-bond donors (Lipinski definition) is 2. The normalized spacial score (nSPS) is 12.5. The molecule has 1 saturated carbocycles. The maximum Gasteiger partial charge on any atom is 0.228 e. The van der Waals surface area contributed by atoms with Crippen LogP contribution in [0.5, 0.6) is 5.75 Å². The molecule has 1 fully saturated rings. The van der Waals surface area contributed by atoms with Crippen molar-refractivity contribution in [2.75, 3.05) is 30.1 Å². The van der Waals surface area contributed by atoms with Gasteiger partial charge >= 0.3 is 0 Å². The minimum atomic E-state index is -0.269. The van der Waals surface area contributed by atoms with Crippen molar-refractivity contribution in [3.8, 4) is 17.0 Å². The molecule has 1 aliphatic carbocycles. The summed E-state index contributed by atoms with van der Waals surface area (Å²) in [6, 6.07) is 9.51. The van der Waals surface area contributed by atoms with E-state index in [9.17, 15) is 9.59 Å². The lowest BCUT2D eigenvalue weighted by molar-refractivity contribution is -0.117. The monoisotopic (exact) mass is 524 g/mol. The lowest BCUT2D eigenvalue weighted by Crippen LogP contribution is -2.16. The van der Waals surface area contributed by atoms with Crippen molar-refractivity contribution in [2.24, 2.45) is 13.0 Å². The Balaban J connectivity index is 0.00000186. The SMILES string of the molecule is CC.CCP(CC)c1cc(-c2cccc(Nc3cc(NC(=O)C4CC4)nnc3C(C)=O)c2OC)nn1C. The van der Waals surface area contributed by atoms with Crippen LogP contribution in [0.4, 0.5) is 17.2 Å². The second kappa shape index (κ2) is 12.8. The first kappa shape index (κ1) is 28.3. The van der Waals surface area contributed by atoms with Crippen molar-refractivity contribution in [1.29, 1.82) is 0 Å². The average Bonchev–Trinajstić information content (AvgIpc) is 3.69. The molecule has 1 aliphatic rings. The molecule has 2 aromatic heterocycles. The van der Waals surface area contributed by atoms with Gasteiger partial charge in [0.05, 0.1) is 29.6 Å². The fourth-order valence-electron chi connectivity index (χ4n) is 4.02. The number of ketones is 1. The molecular formula is C27H37N6O3P. The van der Waals surface area contributed by atoms with Crippen LogP contribution in [0.25, 0.3) is 11.3 Å². The van der Waals surface area contributed by atoms with Crippen LogP contribution >= 0.6 is 7.92 Å². The highest BCUT2D eigenvalue weighted by Gasteiger charge is 2.30. The molecule has 0 atom stereocenters. The molecule has 0 saturated heterocycles. The first-order valence-electron chi connectivity index (χ1n) is 12.8. The van der Waals surface area contributed by atoms with Gasteiger partial charge in [-0.1, -0.05) is 41.7 Å². The number of ether oxygens (including phenoxy) is 1. The highest BCUT2D eigenvalue weighted by atomic mass is 31.1. The molecule has 0 radical (unpaired) electrons. The van der Waals surface area contributed by atoms with Crippen LogP contribution in [-0.2, 0) is 11.8 Å². The standard InChI is InChI=1S/C25H31N6O3P.C2H6/c1-6-35(7-2)22-14-19(30-31(22)4)17-9-8-10-18(24(17)34-5)26-20-13-21(27-25(33)16-11-12-16)28-29-23(20)15(3)32;1-2/h8-10,13-14,16H,6-7,11-12H2,1-5H3,(H2,26,27,28,33);1-2H3. The third-order valence-electron chi connectivity index (χ3n) is 6.03. The van der Waals surface area contributed by atoms with Crippen LogP contribution in [0.15, 0.2) is 30.3 Å². The van der Waals surface area contributed by atoms with E-state index in [0.29, 0.717) is 22.9 Å². The van der Waals surface area contributed by atoms with Crippen LogP contribution in [0.3, 0.4) is 0 Å². The predicted molar refractivity (Wildman–Crippen MR) is 151 cm³/mol. The highest BCUT2D eigenvalue weighted by molar-refractivity contribution is 7.65. The van der Waals surface area contributed by atoms with Gasteiger partial charge in [0.25, 0.3) is 0 Å². The molecular weight excluding hydrogens is 487 g/mol. The smallest absolute Gasteiger partial charge is 0.228 e. The van der Waals surface area contributed by atoms with E-state index in [1.165, 1.54) is 12.4 Å². The number of benzene rings is 1. The van der Waals surface area contributed by atoms with Crippen LogP contribution in [0, 0.1) is 5.92 Å². The van der Waals surface area contributed by atoms with E-state index < -0.39 is 0 Å². The molecule has 0 aliphatic heterocycles. The van der Waals surface area contributed by atoms with Crippen molar-refractivity contribution in [3.63, 3.8) is 0 Å². The van der Waals surface area contributed by atoms with Crippen LogP contribution in [-0.4, -0.2) is 51.1 Å².